The lowest BCUT2D eigenvalue weighted by Gasteiger charge is -2.26. The van der Waals surface area contributed by atoms with Gasteiger partial charge in [-0.25, -0.2) is 0 Å². The van der Waals surface area contributed by atoms with Crippen LogP contribution in [0.2, 0.25) is 0 Å². The van der Waals surface area contributed by atoms with Crippen molar-refractivity contribution in [2.45, 2.75) is 92.4 Å². The van der Waals surface area contributed by atoms with Gasteiger partial charge in [-0.05, 0) is 73.6 Å². The lowest BCUT2D eigenvalue weighted by molar-refractivity contribution is 0.0895. The molecular formula is C39H60N6O2S. The van der Waals surface area contributed by atoms with Gasteiger partial charge in [-0.15, -0.1) is 10.2 Å². The summed E-state index contributed by atoms with van der Waals surface area (Å²) in [5.74, 6) is 1.37. The number of nitrogens with zero attached hydrogens (tertiary/aromatic N) is 4. The van der Waals surface area contributed by atoms with Crippen molar-refractivity contribution in [2.75, 3.05) is 55.9 Å². The van der Waals surface area contributed by atoms with E-state index in [0.717, 1.165) is 56.5 Å². The van der Waals surface area contributed by atoms with Crippen LogP contribution in [-0.2, 0) is 9.47 Å². The molecule has 0 amide bonds. The molecule has 9 heteroatoms. The van der Waals surface area contributed by atoms with Crippen molar-refractivity contribution in [2.24, 2.45) is 22.1 Å². The number of azo groups is 1. The Morgan fingerprint density at radius 1 is 0.812 bits per heavy atom. The van der Waals surface area contributed by atoms with Crippen molar-refractivity contribution < 1.29 is 9.47 Å². The summed E-state index contributed by atoms with van der Waals surface area (Å²) in [4.78, 5) is 2.39. The Morgan fingerprint density at radius 3 is 1.98 bits per heavy atom. The molecule has 0 fully saturated rings. The van der Waals surface area contributed by atoms with Gasteiger partial charge >= 0.3 is 0 Å². The topological polar surface area (TPSA) is 122 Å². The van der Waals surface area contributed by atoms with Crippen molar-refractivity contribution in [1.29, 1.82) is 5.26 Å². The highest BCUT2D eigenvalue weighted by atomic mass is 32.1. The minimum atomic E-state index is 0.451. The Hall–Kier alpha value is -3.45. The summed E-state index contributed by atoms with van der Waals surface area (Å²) in [6.45, 7) is 16.2. The van der Waals surface area contributed by atoms with E-state index >= 15 is 0 Å². The highest BCUT2D eigenvalue weighted by molar-refractivity contribution is 7.19. The third kappa shape index (κ3) is 16.1. The molecule has 0 saturated carbocycles. The number of aryl methyl sites for hydroxylation is 1. The van der Waals surface area contributed by atoms with Gasteiger partial charge in [0.25, 0.3) is 0 Å². The number of hydrogen-bond acceptors (Lipinski definition) is 9. The van der Waals surface area contributed by atoms with Gasteiger partial charge in [-0.2, -0.15) is 5.26 Å². The molecule has 0 radical (unpaired) electrons. The molecule has 3 aromatic rings. The van der Waals surface area contributed by atoms with Gasteiger partial charge in [0.15, 0.2) is 0 Å². The molecule has 2 unspecified atom stereocenters. The van der Waals surface area contributed by atoms with E-state index in [-0.39, 0.29) is 0 Å². The van der Waals surface area contributed by atoms with Gasteiger partial charge < -0.3 is 25.8 Å². The van der Waals surface area contributed by atoms with E-state index in [0.29, 0.717) is 27.4 Å². The van der Waals surface area contributed by atoms with E-state index in [1.165, 1.54) is 74.8 Å². The maximum absolute atomic E-state index is 8.72. The fourth-order valence-corrected chi connectivity index (χ4v) is 5.89. The lowest BCUT2D eigenvalue weighted by atomic mass is 10.00. The molecule has 0 bridgehead atoms. The molecule has 1 heterocycles. The standard InChI is InChI=1S/C28H52N2O2.C11H8N4S/c1-6-10-12-14-26(9-4)23-32-20-18-30(27-15-16-28(29)24(5)21-27)17-19-31-22-25(8-3)13-11-7-2;12-7-8-6-10(16-11(8)13)15-14-9-4-2-1-3-5-9/h15-16,21,25-26H,6-14,17-20,22-23,29H2,1-5H3;1-6H,13H2. The minimum absolute atomic E-state index is 0.451. The van der Waals surface area contributed by atoms with Crippen LogP contribution in [0.25, 0.3) is 0 Å². The monoisotopic (exact) mass is 676 g/mol. The summed E-state index contributed by atoms with van der Waals surface area (Å²) in [6.07, 6.45) is 11.5. The van der Waals surface area contributed by atoms with Gasteiger partial charge in [0.05, 0.1) is 24.5 Å². The second-order valence-corrected chi connectivity index (χ2v) is 13.4. The maximum atomic E-state index is 8.72. The van der Waals surface area contributed by atoms with Gasteiger partial charge in [0.2, 0.25) is 0 Å². The van der Waals surface area contributed by atoms with Crippen LogP contribution in [0.5, 0.6) is 0 Å². The zero-order chi connectivity index (χ0) is 35.0. The predicted molar refractivity (Wildman–Crippen MR) is 205 cm³/mol. The second kappa shape index (κ2) is 24.7. The third-order valence-corrected chi connectivity index (χ3v) is 9.41. The molecule has 0 saturated heterocycles. The third-order valence-electron chi connectivity index (χ3n) is 8.56. The van der Waals surface area contributed by atoms with Crippen LogP contribution in [0.15, 0.2) is 64.8 Å². The van der Waals surface area contributed by atoms with Gasteiger partial charge in [0.1, 0.15) is 16.1 Å². The first kappa shape index (κ1) is 40.7. The smallest absolute Gasteiger partial charge is 0.142 e. The SMILES string of the molecule is CCCCCC(CC)COCCN(CCOCC(CC)CCCC)c1ccc(N)c(C)c1.N#Cc1cc(N=Nc2ccccc2)sc1N. The molecule has 48 heavy (non-hydrogen) atoms. The number of ether oxygens (including phenoxy) is 2. The number of thiophene rings is 1. The van der Waals surface area contributed by atoms with E-state index in [4.69, 9.17) is 26.2 Å². The summed E-state index contributed by atoms with van der Waals surface area (Å²) in [5, 5.41) is 17.9. The van der Waals surface area contributed by atoms with E-state index < -0.39 is 0 Å². The Bertz CT molecular complexity index is 1340. The first-order chi connectivity index (χ1) is 23.3. The molecule has 0 aliphatic heterocycles. The van der Waals surface area contributed by atoms with Crippen molar-refractivity contribution >= 4 is 38.4 Å². The highest BCUT2D eigenvalue weighted by Gasteiger charge is 2.12. The average molecular weight is 677 g/mol. The van der Waals surface area contributed by atoms with Gasteiger partial charge in [-0.1, -0.05) is 102 Å². The summed E-state index contributed by atoms with van der Waals surface area (Å²) in [6, 6.07) is 19.3. The maximum Gasteiger partial charge on any atom is 0.142 e. The van der Waals surface area contributed by atoms with Crippen LogP contribution in [0, 0.1) is 30.1 Å². The van der Waals surface area contributed by atoms with Crippen LogP contribution in [0.3, 0.4) is 0 Å². The Kier molecular flexibility index (Phi) is 20.9. The summed E-state index contributed by atoms with van der Waals surface area (Å²) in [5.41, 5.74) is 16.1. The molecule has 2 aromatic carbocycles. The molecule has 2 atom stereocenters. The van der Waals surface area contributed by atoms with Gasteiger partial charge in [0, 0.05) is 37.7 Å². The predicted octanol–water partition coefficient (Wildman–Crippen LogP) is 10.9. The van der Waals surface area contributed by atoms with Crippen molar-refractivity contribution in [3.05, 3.63) is 65.7 Å². The average Bonchev–Trinajstić information content (AvgIpc) is 3.48. The molecule has 1 aromatic heterocycles. The molecule has 0 spiro atoms. The molecule has 3 rings (SSSR count). The van der Waals surface area contributed by atoms with E-state index in [2.05, 4.69) is 61.9 Å². The number of rotatable bonds is 22. The van der Waals surface area contributed by atoms with Crippen LogP contribution >= 0.6 is 11.3 Å². The second-order valence-electron chi connectivity index (χ2n) is 12.4. The van der Waals surface area contributed by atoms with E-state index in [1.54, 1.807) is 6.07 Å². The summed E-state index contributed by atoms with van der Waals surface area (Å²) < 4.78 is 12.2. The highest BCUT2D eigenvalue weighted by Crippen LogP contribution is 2.32. The van der Waals surface area contributed by atoms with Crippen molar-refractivity contribution in [3.63, 3.8) is 0 Å². The first-order valence-electron chi connectivity index (χ1n) is 17.9. The molecule has 0 aliphatic rings. The molecule has 0 aliphatic carbocycles. The Balaban J connectivity index is 0.000000413. The van der Waals surface area contributed by atoms with Crippen molar-refractivity contribution in [1.82, 2.24) is 0 Å². The molecule has 264 valence electrons. The number of anilines is 3. The quantitative estimate of drug-likeness (QED) is 0.0620. The number of benzene rings is 2. The minimum Gasteiger partial charge on any atom is -0.399 e. The number of unbranched alkanes of at least 4 members (excludes halogenated alkanes) is 3. The van der Waals surface area contributed by atoms with Crippen LogP contribution in [-0.4, -0.2) is 39.5 Å². The Labute approximate surface area is 294 Å². The van der Waals surface area contributed by atoms with E-state index in [1.807, 2.05) is 42.5 Å². The number of nitriles is 1. The number of nitrogen functional groups attached to an aromatic ring is 2. The van der Waals surface area contributed by atoms with Crippen molar-refractivity contribution in [3.8, 4) is 6.07 Å². The number of nitrogens with two attached hydrogens (primary N) is 2. The van der Waals surface area contributed by atoms with Crippen LogP contribution in [0.1, 0.15) is 96.6 Å². The summed E-state index contributed by atoms with van der Waals surface area (Å²) >= 11 is 1.25. The largest absolute Gasteiger partial charge is 0.399 e. The van der Waals surface area contributed by atoms with E-state index in [9.17, 15) is 0 Å². The lowest BCUT2D eigenvalue weighted by Crippen LogP contribution is -2.32. The molecule has 4 N–H and O–H groups in total. The fraction of sp³-hybridized carbons (Fsp3) is 0.564. The summed E-state index contributed by atoms with van der Waals surface area (Å²) in [7, 11) is 0. The molecular weight excluding hydrogens is 617 g/mol. The number of hydrogen-bond donors (Lipinski definition) is 2. The Morgan fingerprint density at radius 2 is 1.44 bits per heavy atom. The van der Waals surface area contributed by atoms with Crippen LogP contribution in [0.4, 0.5) is 27.1 Å². The van der Waals surface area contributed by atoms with Crippen LogP contribution < -0.4 is 16.4 Å². The first-order valence-corrected chi connectivity index (χ1v) is 18.7. The normalized spacial score (nSPS) is 12.3. The van der Waals surface area contributed by atoms with Gasteiger partial charge in [-0.3, -0.25) is 0 Å². The zero-order valence-electron chi connectivity index (χ0n) is 30.1. The fourth-order valence-electron chi connectivity index (χ4n) is 5.19. The molecule has 8 nitrogen and oxygen atoms in total. The zero-order valence-corrected chi connectivity index (χ0v) is 30.9.